The molecule has 2 saturated heterocycles. The first-order valence-electron chi connectivity index (χ1n) is 12.7. The van der Waals surface area contributed by atoms with E-state index >= 15 is 0 Å². The molecule has 2 atom stereocenters. The number of morpholine rings is 1. The Hall–Kier alpha value is -3.69. The molecule has 0 spiro atoms. The topological polar surface area (TPSA) is 95.2 Å². The van der Waals surface area contributed by atoms with Crippen molar-refractivity contribution in [1.82, 2.24) is 19.7 Å². The van der Waals surface area contributed by atoms with Gasteiger partial charge in [-0.15, -0.1) is 0 Å². The zero-order chi connectivity index (χ0) is 25.5. The monoisotopic (exact) mass is 502 g/mol. The highest BCUT2D eigenvalue weighted by Gasteiger charge is 2.48. The van der Waals surface area contributed by atoms with E-state index in [0.717, 1.165) is 47.4 Å². The number of hydrogen-bond donors (Lipinski definition) is 1. The Labute approximate surface area is 214 Å². The van der Waals surface area contributed by atoms with Gasteiger partial charge in [-0.05, 0) is 29.3 Å². The Morgan fingerprint density at radius 1 is 1.05 bits per heavy atom. The van der Waals surface area contributed by atoms with Crippen molar-refractivity contribution in [1.29, 1.82) is 0 Å². The number of carbonyl (C=O) groups excluding carboxylic acids is 3. The van der Waals surface area contributed by atoms with Crippen molar-refractivity contribution >= 4 is 28.7 Å². The first kappa shape index (κ1) is 23.7. The summed E-state index contributed by atoms with van der Waals surface area (Å²) in [7, 11) is 1.35. The van der Waals surface area contributed by atoms with E-state index in [4.69, 9.17) is 9.47 Å². The molecule has 0 radical (unpaired) electrons. The lowest BCUT2D eigenvalue weighted by atomic mass is 9.86. The lowest BCUT2D eigenvalue weighted by Crippen LogP contribution is -2.63. The molecule has 0 saturated carbocycles. The van der Waals surface area contributed by atoms with Gasteiger partial charge in [0.05, 0.1) is 38.5 Å². The Kier molecular flexibility index (Phi) is 6.18. The van der Waals surface area contributed by atoms with E-state index in [-0.39, 0.29) is 18.4 Å². The maximum atomic E-state index is 13.8. The van der Waals surface area contributed by atoms with Gasteiger partial charge in [0, 0.05) is 49.2 Å². The maximum absolute atomic E-state index is 13.8. The standard InChI is InChI=1S/C28H30N4O5/c1-36-28(35)19-8-6-18(7-9-19)26-25-21(20-4-2-3-5-22(20)29-25)16-23-27(34)31(17-24(33)32(23)26)11-10-30-12-14-37-15-13-30/h2-9,23,26,29H,10-17H2,1H3/t23-,26?/m0/s1. The molecular weight excluding hydrogens is 472 g/mol. The molecule has 192 valence electrons. The number of nitrogens with zero attached hydrogens (tertiary/aromatic N) is 3. The summed E-state index contributed by atoms with van der Waals surface area (Å²) in [6.45, 7) is 4.39. The quantitative estimate of drug-likeness (QED) is 0.536. The zero-order valence-corrected chi connectivity index (χ0v) is 20.8. The summed E-state index contributed by atoms with van der Waals surface area (Å²) >= 11 is 0. The van der Waals surface area contributed by atoms with Crippen LogP contribution in [-0.2, 0) is 25.5 Å². The van der Waals surface area contributed by atoms with Crippen molar-refractivity contribution in [2.45, 2.75) is 18.5 Å². The minimum Gasteiger partial charge on any atom is -0.465 e. The summed E-state index contributed by atoms with van der Waals surface area (Å²) < 4.78 is 10.3. The van der Waals surface area contributed by atoms with E-state index in [2.05, 4.69) is 16.0 Å². The number of rotatable bonds is 5. The Bertz CT molecular complexity index is 1340. The van der Waals surface area contributed by atoms with Crippen LogP contribution in [0.25, 0.3) is 10.9 Å². The predicted octanol–water partition coefficient (Wildman–Crippen LogP) is 1.97. The Balaban J connectivity index is 1.36. The van der Waals surface area contributed by atoms with Gasteiger partial charge in [0.15, 0.2) is 0 Å². The van der Waals surface area contributed by atoms with Crippen LogP contribution in [0.15, 0.2) is 48.5 Å². The highest BCUT2D eigenvalue weighted by Crippen LogP contribution is 2.42. The first-order chi connectivity index (χ1) is 18.0. The number of piperazine rings is 1. The van der Waals surface area contributed by atoms with Crippen LogP contribution in [-0.4, -0.2) is 96.6 Å². The predicted molar refractivity (Wildman–Crippen MR) is 136 cm³/mol. The van der Waals surface area contributed by atoms with Crippen molar-refractivity contribution in [3.63, 3.8) is 0 Å². The van der Waals surface area contributed by atoms with Gasteiger partial charge in [-0.1, -0.05) is 30.3 Å². The summed E-state index contributed by atoms with van der Waals surface area (Å²) in [5.41, 5.74) is 4.24. The van der Waals surface area contributed by atoms with E-state index in [9.17, 15) is 14.4 Å². The van der Waals surface area contributed by atoms with Crippen LogP contribution in [0, 0.1) is 0 Å². The number of ether oxygens (including phenoxy) is 2. The van der Waals surface area contributed by atoms with E-state index in [1.54, 1.807) is 21.9 Å². The molecule has 2 fully saturated rings. The maximum Gasteiger partial charge on any atom is 0.337 e. The zero-order valence-electron chi connectivity index (χ0n) is 20.8. The molecule has 1 N–H and O–H groups in total. The van der Waals surface area contributed by atoms with Crippen molar-refractivity contribution in [3.8, 4) is 0 Å². The second-order valence-corrected chi connectivity index (χ2v) is 9.81. The molecule has 2 amide bonds. The van der Waals surface area contributed by atoms with Crippen LogP contribution in [0.2, 0.25) is 0 Å². The highest BCUT2D eigenvalue weighted by molar-refractivity contribution is 5.97. The van der Waals surface area contributed by atoms with Crippen LogP contribution in [0.1, 0.15) is 33.2 Å². The summed E-state index contributed by atoms with van der Waals surface area (Å²) in [5.74, 6) is -0.502. The third-order valence-electron chi connectivity index (χ3n) is 7.78. The molecule has 3 aliphatic heterocycles. The minimum atomic E-state index is -0.581. The lowest BCUT2D eigenvalue weighted by Gasteiger charge is -2.47. The van der Waals surface area contributed by atoms with Crippen molar-refractivity contribution < 1.29 is 23.9 Å². The Morgan fingerprint density at radius 2 is 1.81 bits per heavy atom. The number of nitrogens with one attached hydrogen (secondary N) is 1. The molecule has 1 aromatic heterocycles. The number of H-pyrrole nitrogens is 1. The van der Waals surface area contributed by atoms with Gasteiger partial charge in [-0.3, -0.25) is 14.5 Å². The van der Waals surface area contributed by atoms with Crippen LogP contribution in [0.3, 0.4) is 0 Å². The average molecular weight is 503 g/mol. The van der Waals surface area contributed by atoms with Gasteiger partial charge in [0.2, 0.25) is 11.8 Å². The second-order valence-electron chi connectivity index (χ2n) is 9.81. The molecule has 1 unspecified atom stereocenters. The molecule has 37 heavy (non-hydrogen) atoms. The number of aromatic amines is 1. The third kappa shape index (κ3) is 4.18. The Morgan fingerprint density at radius 3 is 2.57 bits per heavy atom. The van der Waals surface area contributed by atoms with E-state index in [1.807, 2.05) is 30.3 Å². The molecule has 3 aromatic rings. The molecule has 9 heteroatoms. The summed E-state index contributed by atoms with van der Waals surface area (Å²) in [6.07, 6.45) is 0.467. The van der Waals surface area contributed by atoms with Gasteiger partial charge >= 0.3 is 5.97 Å². The van der Waals surface area contributed by atoms with E-state index in [0.29, 0.717) is 31.7 Å². The molecule has 3 aliphatic rings. The average Bonchev–Trinajstić information content (AvgIpc) is 3.31. The van der Waals surface area contributed by atoms with Crippen molar-refractivity contribution in [3.05, 3.63) is 70.9 Å². The van der Waals surface area contributed by atoms with Gasteiger partial charge in [-0.2, -0.15) is 0 Å². The lowest BCUT2D eigenvalue weighted by molar-refractivity contribution is -0.158. The van der Waals surface area contributed by atoms with Gasteiger partial charge in [-0.25, -0.2) is 4.79 Å². The van der Waals surface area contributed by atoms with E-state index in [1.165, 1.54) is 7.11 Å². The first-order valence-corrected chi connectivity index (χ1v) is 12.7. The number of methoxy groups -OCH3 is 1. The fraction of sp³-hybridized carbons (Fsp3) is 0.393. The summed E-state index contributed by atoms with van der Waals surface area (Å²) in [5, 5.41) is 1.07. The molecule has 0 aliphatic carbocycles. The number of aromatic nitrogens is 1. The third-order valence-corrected chi connectivity index (χ3v) is 7.78. The number of benzene rings is 2. The van der Waals surface area contributed by atoms with Crippen LogP contribution < -0.4 is 0 Å². The largest absolute Gasteiger partial charge is 0.465 e. The fourth-order valence-electron chi connectivity index (χ4n) is 5.87. The summed E-state index contributed by atoms with van der Waals surface area (Å²) in [4.78, 5) is 48.8. The van der Waals surface area contributed by atoms with E-state index < -0.39 is 18.1 Å². The van der Waals surface area contributed by atoms with Gasteiger partial charge in [0.25, 0.3) is 0 Å². The second kappa shape index (κ2) is 9.64. The highest BCUT2D eigenvalue weighted by atomic mass is 16.5. The smallest absolute Gasteiger partial charge is 0.337 e. The SMILES string of the molecule is COC(=O)c1ccc(C2c3[nH]c4ccccc4c3C[C@H]3C(=O)N(CCN4CCOCC4)CC(=O)N23)cc1. The molecule has 4 heterocycles. The molecule has 0 bridgehead atoms. The van der Waals surface area contributed by atoms with Crippen molar-refractivity contribution in [2.75, 3.05) is 53.0 Å². The number of hydrogen-bond acceptors (Lipinski definition) is 6. The van der Waals surface area contributed by atoms with Crippen LogP contribution in [0.4, 0.5) is 0 Å². The van der Waals surface area contributed by atoms with Crippen LogP contribution >= 0.6 is 0 Å². The number of fused-ring (bicyclic) bond motifs is 4. The number of para-hydroxylation sites is 1. The summed E-state index contributed by atoms with van der Waals surface area (Å²) in [6, 6.07) is 14.1. The van der Waals surface area contributed by atoms with Crippen molar-refractivity contribution in [2.24, 2.45) is 0 Å². The van der Waals surface area contributed by atoms with Crippen LogP contribution in [0.5, 0.6) is 0 Å². The molecule has 6 rings (SSSR count). The van der Waals surface area contributed by atoms with Gasteiger partial charge < -0.3 is 24.3 Å². The number of amides is 2. The number of esters is 1. The fourth-order valence-corrected chi connectivity index (χ4v) is 5.87. The minimum absolute atomic E-state index is 0.0139. The molecule has 2 aromatic carbocycles. The molecular formula is C28H30N4O5. The molecule has 9 nitrogen and oxygen atoms in total. The normalized spacial score (nSPS) is 22.2. The number of carbonyl (C=O) groups is 3. The van der Waals surface area contributed by atoms with Gasteiger partial charge in [0.1, 0.15) is 6.04 Å².